The van der Waals surface area contributed by atoms with E-state index in [9.17, 15) is 4.39 Å². The molecule has 0 amide bonds. The summed E-state index contributed by atoms with van der Waals surface area (Å²) in [6, 6.07) is 13.8. The Labute approximate surface area is 137 Å². The molecule has 1 nitrogen and oxygen atoms in total. The molecule has 0 aromatic heterocycles. The lowest BCUT2D eigenvalue weighted by Gasteiger charge is -2.29. The summed E-state index contributed by atoms with van der Waals surface area (Å²) in [4.78, 5) is 1.19. The average molecular weight is 366 g/mol. The van der Waals surface area contributed by atoms with Gasteiger partial charge in [-0.05, 0) is 54.5 Å². The van der Waals surface area contributed by atoms with E-state index in [1.165, 1.54) is 10.5 Å². The molecule has 2 unspecified atom stereocenters. The van der Waals surface area contributed by atoms with E-state index >= 15 is 0 Å². The van der Waals surface area contributed by atoms with Crippen LogP contribution in [0.2, 0.25) is 0 Å². The van der Waals surface area contributed by atoms with Crippen molar-refractivity contribution in [2.45, 2.75) is 30.3 Å². The lowest BCUT2D eigenvalue weighted by Crippen LogP contribution is -2.27. The van der Waals surface area contributed by atoms with Gasteiger partial charge in [0, 0.05) is 21.5 Å². The third kappa shape index (κ3) is 3.33. The Kier molecular flexibility index (Phi) is 4.67. The van der Waals surface area contributed by atoms with Crippen LogP contribution in [0.4, 0.5) is 4.39 Å². The number of thioether (sulfide) groups is 1. The van der Waals surface area contributed by atoms with E-state index < -0.39 is 0 Å². The van der Waals surface area contributed by atoms with Crippen LogP contribution < -0.4 is 5.32 Å². The van der Waals surface area contributed by atoms with Crippen molar-refractivity contribution in [2.75, 3.05) is 5.75 Å². The van der Waals surface area contributed by atoms with Gasteiger partial charge in [-0.25, -0.2) is 4.39 Å². The van der Waals surface area contributed by atoms with Crippen LogP contribution in [0, 0.1) is 5.82 Å². The van der Waals surface area contributed by atoms with Crippen LogP contribution in [0.25, 0.3) is 0 Å². The predicted molar refractivity (Wildman–Crippen MR) is 90.2 cm³/mol. The minimum Gasteiger partial charge on any atom is -0.303 e. The number of benzene rings is 2. The molecule has 2 atom stereocenters. The quantitative estimate of drug-likeness (QED) is 0.772. The summed E-state index contributed by atoms with van der Waals surface area (Å²) in [6.07, 6.45) is 1.02. The van der Waals surface area contributed by atoms with Crippen LogP contribution in [0.1, 0.15) is 36.6 Å². The van der Waals surface area contributed by atoms with E-state index in [1.54, 1.807) is 12.1 Å². The maximum absolute atomic E-state index is 13.5. The monoisotopic (exact) mass is 365 g/mol. The Morgan fingerprint density at radius 2 is 2.10 bits per heavy atom. The molecular formula is C17H17BrFNS. The van der Waals surface area contributed by atoms with Crippen LogP contribution in [0.5, 0.6) is 0 Å². The molecule has 110 valence electrons. The van der Waals surface area contributed by atoms with E-state index in [0.717, 1.165) is 22.2 Å². The lowest BCUT2D eigenvalue weighted by atomic mass is 10.0. The highest BCUT2D eigenvalue weighted by Gasteiger charge is 2.23. The molecule has 1 aliphatic heterocycles. The molecule has 3 rings (SSSR count). The van der Waals surface area contributed by atoms with Crippen LogP contribution in [-0.2, 0) is 0 Å². The molecule has 1 heterocycles. The van der Waals surface area contributed by atoms with Crippen molar-refractivity contribution in [3.05, 3.63) is 63.9 Å². The summed E-state index contributed by atoms with van der Waals surface area (Å²) >= 11 is 5.41. The SMILES string of the molecule is CC(NC1CCSc2ccc(F)cc21)c1ccccc1Br. The van der Waals surface area contributed by atoms with E-state index in [-0.39, 0.29) is 17.9 Å². The second kappa shape index (κ2) is 6.51. The van der Waals surface area contributed by atoms with Gasteiger partial charge >= 0.3 is 0 Å². The predicted octanol–water partition coefficient (Wildman–Crippen LogP) is 5.48. The van der Waals surface area contributed by atoms with Crippen molar-refractivity contribution in [2.24, 2.45) is 0 Å². The standard InChI is InChI=1S/C17H17BrFNS/c1-11(13-4-2-3-5-15(13)18)20-16-8-9-21-17-7-6-12(19)10-14(16)17/h2-7,10-11,16,20H,8-9H2,1H3. The van der Waals surface area contributed by atoms with E-state index in [1.807, 2.05) is 30.0 Å². The maximum atomic E-state index is 13.5. The highest BCUT2D eigenvalue weighted by Crippen LogP contribution is 2.38. The molecular weight excluding hydrogens is 349 g/mol. The zero-order valence-electron chi connectivity index (χ0n) is 11.8. The molecule has 2 aromatic rings. The second-order valence-corrected chi connectivity index (χ2v) is 7.27. The van der Waals surface area contributed by atoms with Gasteiger partial charge in [-0.1, -0.05) is 34.1 Å². The second-order valence-electron chi connectivity index (χ2n) is 5.28. The van der Waals surface area contributed by atoms with Crippen molar-refractivity contribution in [1.82, 2.24) is 5.32 Å². The number of rotatable bonds is 3. The summed E-state index contributed by atoms with van der Waals surface area (Å²) < 4.78 is 14.7. The van der Waals surface area contributed by atoms with Crippen LogP contribution >= 0.6 is 27.7 Å². The van der Waals surface area contributed by atoms with Crippen LogP contribution in [0.15, 0.2) is 51.8 Å². The first-order valence-electron chi connectivity index (χ1n) is 7.08. The Morgan fingerprint density at radius 1 is 1.29 bits per heavy atom. The Bertz CT molecular complexity index is 646. The number of halogens is 2. The Balaban J connectivity index is 1.83. The van der Waals surface area contributed by atoms with Crippen molar-refractivity contribution < 1.29 is 4.39 Å². The summed E-state index contributed by atoms with van der Waals surface area (Å²) in [5.74, 6) is 0.913. The van der Waals surface area contributed by atoms with Gasteiger partial charge in [0.05, 0.1) is 0 Å². The van der Waals surface area contributed by atoms with Crippen molar-refractivity contribution in [3.63, 3.8) is 0 Å². The third-order valence-electron chi connectivity index (χ3n) is 3.83. The van der Waals surface area contributed by atoms with Gasteiger partial charge < -0.3 is 5.32 Å². The topological polar surface area (TPSA) is 12.0 Å². The summed E-state index contributed by atoms with van der Waals surface area (Å²) in [6.45, 7) is 2.15. The molecule has 0 spiro atoms. The van der Waals surface area contributed by atoms with Crippen molar-refractivity contribution >= 4 is 27.7 Å². The fraction of sp³-hybridized carbons (Fsp3) is 0.294. The molecule has 1 N–H and O–H groups in total. The number of nitrogens with one attached hydrogen (secondary N) is 1. The normalized spacial score (nSPS) is 19.1. The zero-order valence-corrected chi connectivity index (χ0v) is 14.2. The molecule has 4 heteroatoms. The van der Waals surface area contributed by atoms with Gasteiger partial charge in [-0.15, -0.1) is 11.8 Å². The fourth-order valence-electron chi connectivity index (χ4n) is 2.76. The van der Waals surface area contributed by atoms with Gasteiger partial charge in [0.1, 0.15) is 5.82 Å². The van der Waals surface area contributed by atoms with Crippen molar-refractivity contribution in [3.8, 4) is 0 Å². The number of hydrogen-bond acceptors (Lipinski definition) is 2. The molecule has 1 aliphatic rings. The molecule has 0 aliphatic carbocycles. The van der Waals surface area contributed by atoms with Gasteiger partial charge in [0.2, 0.25) is 0 Å². The number of hydrogen-bond donors (Lipinski definition) is 1. The number of fused-ring (bicyclic) bond motifs is 1. The first-order valence-corrected chi connectivity index (χ1v) is 8.86. The van der Waals surface area contributed by atoms with Gasteiger partial charge in [-0.3, -0.25) is 0 Å². The third-order valence-corrected chi connectivity index (χ3v) is 5.68. The van der Waals surface area contributed by atoms with Crippen LogP contribution in [0.3, 0.4) is 0 Å². The first-order chi connectivity index (χ1) is 10.1. The largest absolute Gasteiger partial charge is 0.303 e. The first kappa shape index (κ1) is 15.1. The van der Waals surface area contributed by atoms with Gasteiger partial charge in [0.25, 0.3) is 0 Å². The molecule has 2 aromatic carbocycles. The van der Waals surface area contributed by atoms with E-state index in [4.69, 9.17) is 0 Å². The Hall–Kier alpha value is -0.840. The highest BCUT2D eigenvalue weighted by atomic mass is 79.9. The van der Waals surface area contributed by atoms with E-state index in [0.29, 0.717) is 0 Å². The van der Waals surface area contributed by atoms with Gasteiger partial charge in [-0.2, -0.15) is 0 Å². The molecule has 0 saturated carbocycles. The zero-order chi connectivity index (χ0) is 14.8. The van der Waals surface area contributed by atoms with Gasteiger partial charge in [0.15, 0.2) is 0 Å². The molecule has 21 heavy (non-hydrogen) atoms. The summed E-state index contributed by atoms with van der Waals surface area (Å²) in [5.41, 5.74) is 2.32. The lowest BCUT2D eigenvalue weighted by molar-refractivity contribution is 0.446. The summed E-state index contributed by atoms with van der Waals surface area (Å²) in [7, 11) is 0. The highest BCUT2D eigenvalue weighted by molar-refractivity contribution is 9.10. The molecule has 0 bridgehead atoms. The maximum Gasteiger partial charge on any atom is 0.123 e. The molecule has 0 saturated heterocycles. The smallest absolute Gasteiger partial charge is 0.123 e. The fourth-order valence-corrected chi connectivity index (χ4v) is 4.49. The van der Waals surface area contributed by atoms with Crippen LogP contribution in [-0.4, -0.2) is 5.75 Å². The minimum absolute atomic E-state index is 0.156. The molecule has 0 fully saturated rings. The van der Waals surface area contributed by atoms with Crippen molar-refractivity contribution in [1.29, 1.82) is 0 Å². The average Bonchev–Trinajstić information content (AvgIpc) is 2.48. The Morgan fingerprint density at radius 3 is 2.90 bits per heavy atom. The summed E-state index contributed by atoms with van der Waals surface area (Å²) in [5, 5.41) is 3.65. The minimum atomic E-state index is -0.156. The molecule has 0 radical (unpaired) electrons. The van der Waals surface area contributed by atoms with E-state index in [2.05, 4.69) is 40.3 Å².